The van der Waals surface area contributed by atoms with Gasteiger partial charge >= 0.3 is 0 Å². The van der Waals surface area contributed by atoms with Gasteiger partial charge in [0.05, 0.1) is 16.9 Å². The fraction of sp³-hybridized carbons (Fsp3) is 0.565. The Bertz CT molecular complexity index is 676. The summed E-state index contributed by atoms with van der Waals surface area (Å²) in [6.07, 6.45) is 11.6. The van der Waals surface area contributed by atoms with Gasteiger partial charge in [0.1, 0.15) is 0 Å². The molecule has 1 saturated carbocycles. The Balaban J connectivity index is 2.15. The molecule has 2 fully saturated rings. The molecule has 0 bridgehead atoms. The number of fused-ring (bicyclic) bond motifs is 2. The van der Waals surface area contributed by atoms with Crippen LogP contribution in [0.5, 0.6) is 0 Å². The second-order valence-electron chi connectivity index (χ2n) is 8.12. The van der Waals surface area contributed by atoms with Crippen LogP contribution in [-0.2, 0) is 0 Å². The maximum atomic E-state index is 4.36. The zero-order valence-corrected chi connectivity index (χ0v) is 16.7. The van der Waals surface area contributed by atoms with Crippen molar-refractivity contribution in [1.29, 1.82) is 0 Å². The summed E-state index contributed by atoms with van der Waals surface area (Å²) >= 11 is 0. The van der Waals surface area contributed by atoms with Crippen LogP contribution in [0.4, 0.5) is 0 Å². The Morgan fingerprint density at radius 1 is 1.36 bits per heavy atom. The van der Waals surface area contributed by atoms with E-state index in [0.29, 0.717) is 6.04 Å². The van der Waals surface area contributed by atoms with E-state index in [4.69, 9.17) is 0 Å². The van der Waals surface area contributed by atoms with E-state index in [-0.39, 0.29) is 5.54 Å². The molecule has 2 heterocycles. The van der Waals surface area contributed by atoms with Crippen LogP contribution in [-0.4, -0.2) is 27.9 Å². The number of hydrogen-bond donors (Lipinski definition) is 0. The third-order valence-electron chi connectivity index (χ3n) is 6.22. The maximum Gasteiger partial charge on any atom is 0.0682 e. The minimum atomic E-state index is 0.261. The van der Waals surface area contributed by atoms with E-state index in [0.717, 1.165) is 24.5 Å². The molecule has 0 radical (unpaired) electrons. The van der Waals surface area contributed by atoms with Crippen molar-refractivity contribution in [2.45, 2.75) is 71.9 Å². The highest BCUT2D eigenvalue weighted by molar-refractivity contribution is 5.59. The Kier molecular flexibility index (Phi) is 4.74. The molecule has 1 spiro atoms. The summed E-state index contributed by atoms with van der Waals surface area (Å²) < 4.78 is 0. The highest BCUT2D eigenvalue weighted by Gasteiger charge is 2.61. The quantitative estimate of drug-likeness (QED) is 0.627. The second kappa shape index (κ2) is 6.55. The first-order chi connectivity index (χ1) is 11.9. The minimum absolute atomic E-state index is 0.261. The Morgan fingerprint density at radius 2 is 2.08 bits per heavy atom. The predicted octanol–water partition coefficient (Wildman–Crippen LogP) is 5.78. The van der Waals surface area contributed by atoms with Crippen molar-refractivity contribution in [1.82, 2.24) is 9.80 Å². The Labute approximate surface area is 154 Å². The lowest BCUT2D eigenvalue weighted by atomic mass is 9.88. The molecule has 25 heavy (non-hydrogen) atoms. The molecule has 2 atom stereocenters. The van der Waals surface area contributed by atoms with Gasteiger partial charge in [0.15, 0.2) is 0 Å². The van der Waals surface area contributed by atoms with Crippen molar-refractivity contribution >= 4 is 0 Å². The van der Waals surface area contributed by atoms with Crippen LogP contribution < -0.4 is 0 Å². The summed E-state index contributed by atoms with van der Waals surface area (Å²) in [5.74, 6) is 0.790. The van der Waals surface area contributed by atoms with Crippen molar-refractivity contribution in [3.05, 3.63) is 59.6 Å². The van der Waals surface area contributed by atoms with Crippen LogP contribution in [0.3, 0.4) is 0 Å². The lowest BCUT2D eigenvalue weighted by Crippen LogP contribution is -2.54. The molecule has 136 valence electrons. The van der Waals surface area contributed by atoms with Crippen LogP contribution in [0, 0.1) is 5.92 Å². The molecular weight excluding hydrogens is 304 g/mol. The SMILES string of the molecule is C=CC1=CN2C(=C(C)C1=C)/C(=C\CC)N(C(C)C)CC21CC1CCC. The van der Waals surface area contributed by atoms with Gasteiger partial charge in [-0.15, -0.1) is 0 Å². The maximum absolute atomic E-state index is 4.36. The third-order valence-corrected chi connectivity index (χ3v) is 6.22. The van der Waals surface area contributed by atoms with Crippen molar-refractivity contribution < 1.29 is 0 Å². The molecule has 0 aromatic carbocycles. The molecule has 0 aromatic heterocycles. The topological polar surface area (TPSA) is 6.48 Å². The molecule has 2 heteroatoms. The first-order valence-corrected chi connectivity index (χ1v) is 9.92. The zero-order chi connectivity index (χ0) is 18.4. The Morgan fingerprint density at radius 3 is 2.64 bits per heavy atom. The van der Waals surface area contributed by atoms with E-state index >= 15 is 0 Å². The molecule has 0 amide bonds. The van der Waals surface area contributed by atoms with Gasteiger partial charge in [-0.1, -0.05) is 45.6 Å². The van der Waals surface area contributed by atoms with Crippen LogP contribution in [0.1, 0.15) is 60.3 Å². The van der Waals surface area contributed by atoms with Crippen LogP contribution in [0.25, 0.3) is 0 Å². The average molecular weight is 339 g/mol. The molecule has 2 aliphatic heterocycles. The largest absolute Gasteiger partial charge is 0.365 e. The number of nitrogens with zero attached hydrogens (tertiary/aromatic N) is 2. The summed E-state index contributed by atoms with van der Waals surface area (Å²) in [6.45, 7) is 20.9. The fourth-order valence-electron chi connectivity index (χ4n) is 4.70. The number of allylic oxidation sites excluding steroid dienone is 5. The monoisotopic (exact) mass is 338 g/mol. The molecule has 1 aliphatic carbocycles. The summed E-state index contributed by atoms with van der Waals surface area (Å²) in [5, 5.41) is 0. The van der Waals surface area contributed by atoms with Crippen LogP contribution in [0.2, 0.25) is 0 Å². The van der Waals surface area contributed by atoms with E-state index in [2.05, 4.69) is 69.9 Å². The van der Waals surface area contributed by atoms with E-state index in [1.54, 1.807) is 0 Å². The van der Waals surface area contributed by atoms with Crippen molar-refractivity contribution in [2.24, 2.45) is 5.92 Å². The van der Waals surface area contributed by atoms with Crippen molar-refractivity contribution in [3.63, 3.8) is 0 Å². The summed E-state index contributed by atoms with van der Waals surface area (Å²) in [4.78, 5) is 5.24. The zero-order valence-electron chi connectivity index (χ0n) is 16.7. The van der Waals surface area contributed by atoms with Crippen LogP contribution in [0.15, 0.2) is 59.6 Å². The lowest BCUT2D eigenvalue weighted by molar-refractivity contribution is 0.132. The standard InChI is InChI=1S/C23H34N2/c1-8-11-20-13-23(20)15-24(16(4)5)21(12-9-2)22-18(7)17(6)19(10-3)14-25(22)23/h10,12,14,16,20H,3,6,8-9,11,13,15H2,1-2,4-5,7H3/b21-12+. The second-order valence-corrected chi connectivity index (χ2v) is 8.12. The van der Waals surface area contributed by atoms with E-state index in [1.165, 1.54) is 41.8 Å². The van der Waals surface area contributed by atoms with Gasteiger partial charge in [-0.2, -0.15) is 0 Å². The van der Waals surface area contributed by atoms with Gasteiger partial charge in [-0.3, -0.25) is 0 Å². The summed E-state index contributed by atoms with van der Waals surface area (Å²) in [7, 11) is 0. The molecule has 3 aliphatic rings. The van der Waals surface area contributed by atoms with Gasteiger partial charge in [0, 0.05) is 18.8 Å². The molecule has 2 unspecified atom stereocenters. The Hall–Kier alpha value is -1.70. The van der Waals surface area contributed by atoms with Gasteiger partial charge in [0.25, 0.3) is 0 Å². The lowest BCUT2D eigenvalue weighted by Gasteiger charge is -2.51. The molecule has 0 N–H and O–H groups in total. The normalized spacial score (nSPS) is 30.3. The first-order valence-electron chi connectivity index (χ1n) is 9.92. The van der Waals surface area contributed by atoms with Crippen molar-refractivity contribution in [3.8, 4) is 0 Å². The predicted molar refractivity (Wildman–Crippen MR) is 108 cm³/mol. The molecule has 2 nitrogen and oxygen atoms in total. The molecule has 1 saturated heterocycles. The van der Waals surface area contributed by atoms with Gasteiger partial charge in [-0.25, -0.2) is 0 Å². The number of piperazine rings is 1. The van der Waals surface area contributed by atoms with Crippen LogP contribution >= 0.6 is 0 Å². The smallest absolute Gasteiger partial charge is 0.0682 e. The van der Waals surface area contributed by atoms with E-state index < -0.39 is 0 Å². The average Bonchev–Trinajstić information content (AvgIpc) is 3.26. The van der Waals surface area contributed by atoms with Gasteiger partial charge in [0.2, 0.25) is 0 Å². The van der Waals surface area contributed by atoms with E-state index in [9.17, 15) is 0 Å². The summed E-state index contributed by atoms with van der Waals surface area (Å²) in [6, 6.07) is 0.512. The fourth-order valence-corrected chi connectivity index (χ4v) is 4.70. The van der Waals surface area contributed by atoms with Gasteiger partial charge < -0.3 is 9.80 Å². The number of rotatable bonds is 5. The van der Waals surface area contributed by atoms with Crippen molar-refractivity contribution in [2.75, 3.05) is 6.54 Å². The third kappa shape index (κ3) is 2.70. The molecule has 0 aromatic rings. The first kappa shape index (κ1) is 18.1. The highest BCUT2D eigenvalue weighted by Crippen LogP contribution is 2.58. The molecular formula is C23H34N2. The van der Waals surface area contributed by atoms with E-state index in [1.807, 2.05) is 6.08 Å². The van der Waals surface area contributed by atoms with Gasteiger partial charge in [-0.05, 0) is 62.7 Å². The summed E-state index contributed by atoms with van der Waals surface area (Å²) in [5.41, 5.74) is 6.65. The minimum Gasteiger partial charge on any atom is -0.365 e. The number of hydrogen-bond acceptors (Lipinski definition) is 2. The highest BCUT2D eigenvalue weighted by atomic mass is 15.4. The molecule has 3 rings (SSSR count).